The van der Waals surface area contributed by atoms with Gasteiger partial charge in [-0.2, -0.15) is 0 Å². The normalized spacial score (nSPS) is 10.9. The summed E-state index contributed by atoms with van der Waals surface area (Å²) >= 11 is 0. The van der Waals surface area contributed by atoms with Crippen molar-refractivity contribution in [2.75, 3.05) is 6.61 Å². The van der Waals surface area contributed by atoms with Crippen molar-refractivity contribution >= 4 is 16.7 Å². The van der Waals surface area contributed by atoms with Crippen LogP contribution < -0.4 is 4.74 Å². The number of unbranched alkanes of at least 4 members (excludes halogenated alkanes) is 1. The number of fused-ring (bicyclic) bond motifs is 1. The van der Waals surface area contributed by atoms with Crippen LogP contribution in [0.3, 0.4) is 0 Å². The van der Waals surface area contributed by atoms with Gasteiger partial charge in [-0.05, 0) is 31.0 Å². The van der Waals surface area contributed by atoms with Crippen LogP contribution in [0.4, 0.5) is 0 Å². The molecule has 0 unspecified atom stereocenters. The van der Waals surface area contributed by atoms with Gasteiger partial charge in [0.15, 0.2) is 5.78 Å². The summed E-state index contributed by atoms with van der Waals surface area (Å²) < 4.78 is 7.99. The summed E-state index contributed by atoms with van der Waals surface area (Å²) in [4.78, 5) is 12.3. The first-order chi connectivity index (χ1) is 9.69. The lowest BCUT2D eigenvalue weighted by molar-refractivity contribution is 0.0978. The van der Waals surface area contributed by atoms with Crippen molar-refractivity contribution in [2.45, 2.75) is 39.5 Å². The summed E-state index contributed by atoms with van der Waals surface area (Å²) in [6.45, 7) is 4.82. The van der Waals surface area contributed by atoms with Crippen LogP contribution in [0.15, 0.2) is 24.4 Å². The Kier molecular flexibility index (Phi) is 4.83. The molecule has 20 heavy (non-hydrogen) atoms. The smallest absolute Gasteiger partial charge is 0.166 e. The standard InChI is InChI=1S/C17H23NO2/c1-4-6-12-20-17-13-10-11-18(3)15(13)9-8-14(17)16(19)7-5-2/h8-11H,4-7,12H2,1-3H3. The zero-order valence-corrected chi connectivity index (χ0v) is 12.6. The molecular weight excluding hydrogens is 250 g/mol. The van der Waals surface area contributed by atoms with Gasteiger partial charge in [-0.25, -0.2) is 0 Å². The molecule has 2 rings (SSSR count). The second kappa shape index (κ2) is 6.60. The largest absolute Gasteiger partial charge is 0.492 e. The lowest BCUT2D eigenvalue weighted by Crippen LogP contribution is -2.05. The highest BCUT2D eigenvalue weighted by atomic mass is 16.5. The molecule has 3 heteroatoms. The fourth-order valence-electron chi connectivity index (χ4n) is 2.38. The van der Waals surface area contributed by atoms with Crippen LogP contribution in [0.25, 0.3) is 10.9 Å². The number of aromatic nitrogens is 1. The van der Waals surface area contributed by atoms with E-state index in [1.165, 1.54) is 0 Å². The molecule has 108 valence electrons. The molecule has 0 atom stereocenters. The number of hydrogen-bond donors (Lipinski definition) is 0. The Morgan fingerprint density at radius 1 is 1.20 bits per heavy atom. The van der Waals surface area contributed by atoms with E-state index in [4.69, 9.17) is 4.74 Å². The topological polar surface area (TPSA) is 31.2 Å². The Morgan fingerprint density at radius 3 is 2.70 bits per heavy atom. The molecule has 0 fully saturated rings. The Labute approximate surface area is 120 Å². The van der Waals surface area contributed by atoms with E-state index in [0.29, 0.717) is 13.0 Å². The van der Waals surface area contributed by atoms with E-state index in [2.05, 4.69) is 11.5 Å². The van der Waals surface area contributed by atoms with Crippen molar-refractivity contribution in [3.63, 3.8) is 0 Å². The molecule has 1 heterocycles. The maximum atomic E-state index is 12.3. The number of rotatable bonds is 7. The fourth-order valence-corrected chi connectivity index (χ4v) is 2.38. The van der Waals surface area contributed by atoms with Crippen LogP contribution in [0.1, 0.15) is 49.9 Å². The number of Topliss-reactive ketones (excluding diaryl/α,β-unsaturated/α-hetero) is 1. The molecule has 0 saturated heterocycles. The number of hydrogen-bond acceptors (Lipinski definition) is 2. The van der Waals surface area contributed by atoms with Gasteiger partial charge in [-0.3, -0.25) is 4.79 Å². The molecule has 0 aliphatic carbocycles. The maximum Gasteiger partial charge on any atom is 0.166 e. The lowest BCUT2D eigenvalue weighted by Gasteiger charge is -2.12. The van der Waals surface area contributed by atoms with Crippen LogP contribution in [0.2, 0.25) is 0 Å². The van der Waals surface area contributed by atoms with Crippen molar-refractivity contribution in [3.05, 3.63) is 30.0 Å². The zero-order chi connectivity index (χ0) is 14.5. The van der Waals surface area contributed by atoms with Gasteiger partial charge in [-0.1, -0.05) is 20.3 Å². The number of nitrogens with zero attached hydrogens (tertiary/aromatic N) is 1. The predicted molar refractivity (Wildman–Crippen MR) is 82.6 cm³/mol. The summed E-state index contributed by atoms with van der Waals surface area (Å²) in [5.74, 6) is 0.930. The molecular formula is C17H23NO2. The molecule has 0 radical (unpaired) electrons. The molecule has 0 N–H and O–H groups in total. The van der Waals surface area contributed by atoms with Crippen LogP contribution in [0, 0.1) is 0 Å². The number of aryl methyl sites for hydroxylation is 1. The van der Waals surface area contributed by atoms with Crippen molar-refractivity contribution in [1.29, 1.82) is 0 Å². The summed E-state index contributed by atoms with van der Waals surface area (Å²) in [6.07, 6.45) is 5.53. The number of benzene rings is 1. The molecule has 1 aromatic carbocycles. The monoisotopic (exact) mass is 273 g/mol. The molecule has 0 spiro atoms. The highest BCUT2D eigenvalue weighted by Gasteiger charge is 2.16. The average Bonchev–Trinajstić information content (AvgIpc) is 2.81. The average molecular weight is 273 g/mol. The van der Waals surface area contributed by atoms with Gasteiger partial charge in [0.2, 0.25) is 0 Å². The first-order valence-corrected chi connectivity index (χ1v) is 7.43. The molecule has 0 aliphatic heterocycles. The molecule has 2 aromatic rings. The lowest BCUT2D eigenvalue weighted by atomic mass is 10.0. The predicted octanol–water partition coefficient (Wildman–Crippen LogP) is 4.34. The molecule has 1 aromatic heterocycles. The maximum absolute atomic E-state index is 12.3. The van der Waals surface area contributed by atoms with Crippen molar-refractivity contribution < 1.29 is 9.53 Å². The van der Waals surface area contributed by atoms with E-state index >= 15 is 0 Å². The minimum absolute atomic E-state index is 0.171. The number of ether oxygens (including phenoxy) is 1. The van der Waals surface area contributed by atoms with E-state index in [9.17, 15) is 4.79 Å². The second-order valence-electron chi connectivity index (χ2n) is 5.18. The van der Waals surface area contributed by atoms with Crippen LogP contribution in [-0.4, -0.2) is 17.0 Å². The first kappa shape index (κ1) is 14.6. The van der Waals surface area contributed by atoms with Gasteiger partial charge in [0, 0.05) is 25.1 Å². The molecule has 0 aliphatic rings. The Balaban J connectivity index is 2.44. The third kappa shape index (κ3) is 2.87. The fraction of sp³-hybridized carbons (Fsp3) is 0.471. The van der Waals surface area contributed by atoms with Crippen molar-refractivity contribution in [1.82, 2.24) is 4.57 Å². The van der Waals surface area contributed by atoms with Crippen LogP contribution >= 0.6 is 0 Å². The quantitative estimate of drug-likeness (QED) is 0.555. The molecule has 0 amide bonds. The van der Waals surface area contributed by atoms with Gasteiger partial charge in [0.1, 0.15) is 5.75 Å². The summed E-state index contributed by atoms with van der Waals surface area (Å²) in [7, 11) is 2.01. The number of carbonyl (C=O) groups is 1. The number of ketones is 1. The minimum Gasteiger partial charge on any atom is -0.492 e. The number of carbonyl (C=O) groups excluding carboxylic acids is 1. The Morgan fingerprint density at radius 2 is 2.00 bits per heavy atom. The van der Waals surface area contributed by atoms with Gasteiger partial charge >= 0.3 is 0 Å². The third-order valence-corrected chi connectivity index (χ3v) is 3.54. The summed E-state index contributed by atoms with van der Waals surface area (Å²) in [6, 6.07) is 5.94. The van der Waals surface area contributed by atoms with Crippen molar-refractivity contribution in [2.24, 2.45) is 7.05 Å². The van der Waals surface area contributed by atoms with Gasteiger partial charge in [0.25, 0.3) is 0 Å². The summed E-state index contributed by atoms with van der Waals surface area (Å²) in [5, 5.41) is 1.03. The van der Waals surface area contributed by atoms with E-state index in [-0.39, 0.29) is 5.78 Å². The van der Waals surface area contributed by atoms with E-state index in [0.717, 1.165) is 41.5 Å². The second-order valence-corrected chi connectivity index (χ2v) is 5.18. The van der Waals surface area contributed by atoms with E-state index in [1.54, 1.807) is 0 Å². The summed E-state index contributed by atoms with van der Waals surface area (Å²) in [5.41, 5.74) is 1.83. The highest BCUT2D eigenvalue weighted by molar-refractivity contribution is 6.04. The van der Waals surface area contributed by atoms with Crippen LogP contribution in [-0.2, 0) is 7.05 Å². The van der Waals surface area contributed by atoms with Crippen LogP contribution in [0.5, 0.6) is 5.75 Å². The molecule has 0 bridgehead atoms. The minimum atomic E-state index is 0.171. The first-order valence-electron chi connectivity index (χ1n) is 7.43. The molecule has 0 saturated carbocycles. The highest BCUT2D eigenvalue weighted by Crippen LogP contribution is 2.31. The zero-order valence-electron chi connectivity index (χ0n) is 12.6. The SMILES string of the molecule is CCCCOc1c(C(=O)CCC)ccc2c1ccn2C. The Hall–Kier alpha value is -1.77. The van der Waals surface area contributed by atoms with E-state index in [1.807, 2.05) is 38.4 Å². The van der Waals surface area contributed by atoms with Crippen molar-refractivity contribution in [3.8, 4) is 5.75 Å². The van der Waals surface area contributed by atoms with Gasteiger partial charge in [-0.15, -0.1) is 0 Å². The third-order valence-electron chi connectivity index (χ3n) is 3.54. The van der Waals surface area contributed by atoms with Gasteiger partial charge in [0.05, 0.1) is 17.7 Å². The van der Waals surface area contributed by atoms with Gasteiger partial charge < -0.3 is 9.30 Å². The van der Waals surface area contributed by atoms with E-state index < -0.39 is 0 Å². The Bertz CT molecular complexity index is 598. The molecule has 3 nitrogen and oxygen atoms in total.